The summed E-state index contributed by atoms with van der Waals surface area (Å²) < 4.78 is 10.3. The third kappa shape index (κ3) is 4.30. The molecule has 2 bridgehead atoms. The molecule has 6 atom stereocenters. The summed E-state index contributed by atoms with van der Waals surface area (Å²) in [5, 5.41) is 8.29. The summed E-state index contributed by atoms with van der Waals surface area (Å²) in [5.41, 5.74) is 7.45. The zero-order chi connectivity index (χ0) is 22.4. The Morgan fingerprint density at radius 2 is 2.03 bits per heavy atom. The van der Waals surface area contributed by atoms with Crippen LogP contribution in [0.5, 0.6) is 0 Å². The van der Waals surface area contributed by atoms with Crippen LogP contribution in [0.4, 0.5) is 16.4 Å². The molecule has 3 unspecified atom stereocenters. The number of ether oxygens (including phenoxy) is 2. The Hall–Kier alpha value is -2.69. The molecule has 10 nitrogen and oxygen atoms in total. The molecule has 0 amide bonds. The van der Waals surface area contributed by atoms with Crippen molar-refractivity contribution in [2.24, 2.45) is 0 Å². The van der Waals surface area contributed by atoms with Gasteiger partial charge in [0.15, 0.2) is 6.10 Å². The number of carbonyl (C=O) groups excluding carboxylic acids is 1. The van der Waals surface area contributed by atoms with Gasteiger partial charge in [-0.25, -0.2) is 15.2 Å². The Bertz CT molecular complexity index is 1020. The van der Waals surface area contributed by atoms with E-state index in [1.165, 1.54) is 12.8 Å². The minimum absolute atomic E-state index is 0.134. The number of carbonyl (C=O) groups is 1. The van der Waals surface area contributed by atoms with E-state index in [2.05, 4.69) is 44.4 Å². The number of hydrogen-bond acceptors (Lipinski definition) is 10. The second-order valence-electron chi connectivity index (χ2n) is 9.74. The van der Waals surface area contributed by atoms with Crippen molar-refractivity contribution in [1.82, 2.24) is 25.7 Å². The predicted molar refractivity (Wildman–Crippen MR) is 124 cm³/mol. The van der Waals surface area contributed by atoms with Crippen LogP contribution in [-0.2, 0) is 9.47 Å². The Kier molecular flexibility index (Phi) is 5.43. The fourth-order valence-corrected chi connectivity index (χ4v) is 5.82. The van der Waals surface area contributed by atoms with Gasteiger partial charge in [-0.2, -0.15) is 0 Å². The number of hydrazine groups is 1. The largest absolute Gasteiger partial charge is 0.508 e. The molecule has 0 aliphatic carbocycles. The standard InChI is InChI=1S/C23H31N7O3/c1-13-7-21(29-28-13)26-20-10-19-18(3-2-6-24-19)22(27-20)25-14-8-15-4-5-16(9-14)30(15)11-17-12-32-23(31)33-17/h2-3,6,10,13-17,21,28-29H,4-5,7-9,11-12H2,1H3,(H2,25,26,27)/t13?,14?,15-,16+,17-,21?/m0/s1. The van der Waals surface area contributed by atoms with Crippen LogP contribution >= 0.6 is 0 Å². The Morgan fingerprint density at radius 3 is 2.76 bits per heavy atom. The molecule has 4 aliphatic heterocycles. The molecule has 4 fully saturated rings. The van der Waals surface area contributed by atoms with Crippen molar-refractivity contribution >= 4 is 28.7 Å². The topological polar surface area (TPSA) is 113 Å². The van der Waals surface area contributed by atoms with Gasteiger partial charge in [0.1, 0.15) is 18.2 Å². The van der Waals surface area contributed by atoms with Gasteiger partial charge in [-0.3, -0.25) is 15.3 Å². The predicted octanol–water partition coefficient (Wildman–Crippen LogP) is 2.20. The van der Waals surface area contributed by atoms with Gasteiger partial charge in [-0.1, -0.05) is 0 Å². The Labute approximate surface area is 192 Å². The van der Waals surface area contributed by atoms with Crippen molar-refractivity contribution in [1.29, 1.82) is 0 Å². The van der Waals surface area contributed by atoms with E-state index in [9.17, 15) is 4.79 Å². The van der Waals surface area contributed by atoms with Crippen molar-refractivity contribution in [2.75, 3.05) is 23.8 Å². The summed E-state index contributed by atoms with van der Waals surface area (Å²) in [5.74, 6) is 1.71. The average molecular weight is 454 g/mol. The van der Waals surface area contributed by atoms with Gasteiger partial charge in [0.05, 0.1) is 11.7 Å². The lowest BCUT2D eigenvalue weighted by molar-refractivity contribution is 0.0646. The molecule has 2 aromatic heterocycles. The maximum Gasteiger partial charge on any atom is 0.508 e. The van der Waals surface area contributed by atoms with Crippen molar-refractivity contribution in [3.8, 4) is 0 Å². The van der Waals surface area contributed by atoms with Crippen molar-refractivity contribution < 1.29 is 14.3 Å². The van der Waals surface area contributed by atoms with Crippen LogP contribution in [0.1, 0.15) is 39.0 Å². The number of aromatic nitrogens is 2. The van der Waals surface area contributed by atoms with Crippen molar-refractivity contribution in [2.45, 2.75) is 75.5 Å². The highest BCUT2D eigenvalue weighted by Gasteiger charge is 2.43. The molecule has 0 aromatic carbocycles. The van der Waals surface area contributed by atoms with Gasteiger partial charge in [-0.05, 0) is 51.2 Å². The molecular formula is C23H31N7O3. The maximum absolute atomic E-state index is 11.3. The van der Waals surface area contributed by atoms with Crippen LogP contribution in [0.3, 0.4) is 0 Å². The highest BCUT2D eigenvalue weighted by Crippen LogP contribution is 2.38. The van der Waals surface area contributed by atoms with E-state index >= 15 is 0 Å². The Morgan fingerprint density at radius 1 is 1.18 bits per heavy atom. The van der Waals surface area contributed by atoms with Gasteiger partial charge in [0.25, 0.3) is 0 Å². The molecule has 2 aromatic rings. The summed E-state index contributed by atoms with van der Waals surface area (Å²) in [6.45, 7) is 3.28. The number of nitrogens with one attached hydrogen (secondary N) is 4. The SMILES string of the molecule is CC1CC(Nc2cc3ncccc3c(NC3C[C@H]4CC[C@@H](C3)N4C[C@H]3COC(=O)O3)n2)NN1. The van der Waals surface area contributed by atoms with Gasteiger partial charge >= 0.3 is 6.16 Å². The molecule has 0 saturated carbocycles. The number of fused-ring (bicyclic) bond motifs is 3. The Balaban J connectivity index is 1.17. The summed E-state index contributed by atoms with van der Waals surface area (Å²) in [6.07, 6.45) is 6.71. The molecule has 0 spiro atoms. The number of rotatable bonds is 6. The summed E-state index contributed by atoms with van der Waals surface area (Å²) in [4.78, 5) is 23.3. The summed E-state index contributed by atoms with van der Waals surface area (Å²) in [7, 11) is 0. The maximum atomic E-state index is 11.3. The minimum Gasteiger partial charge on any atom is -0.430 e. The van der Waals surface area contributed by atoms with E-state index in [0.717, 1.165) is 48.3 Å². The zero-order valence-electron chi connectivity index (χ0n) is 18.8. The van der Waals surface area contributed by atoms with Crippen LogP contribution in [0.15, 0.2) is 24.4 Å². The molecule has 176 valence electrons. The van der Waals surface area contributed by atoms with Crippen LogP contribution < -0.4 is 21.5 Å². The molecule has 6 heterocycles. The molecule has 33 heavy (non-hydrogen) atoms. The number of piperidine rings is 1. The van der Waals surface area contributed by atoms with E-state index in [-0.39, 0.29) is 12.3 Å². The quantitative estimate of drug-likeness (QED) is 0.486. The monoisotopic (exact) mass is 453 g/mol. The van der Waals surface area contributed by atoms with E-state index in [0.29, 0.717) is 30.8 Å². The van der Waals surface area contributed by atoms with E-state index in [4.69, 9.17) is 14.5 Å². The fraction of sp³-hybridized carbons (Fsp3) is 0.609. The second kappa shape index (κ2) is 8.58. The lowest BCUT2D eigenvalue weighted by Crippen LogP contribution is -2.49. The third-order valence-corrected chi connectivity index (χ3v) is 7.30. The van der Waals surface area contributed by atoms with Gasteiger partial charge < -0.3 is 20.1 Å². The van der Waals surface area contributed by atoms with E-state index in [1.54, 1.807) is 0 Å². The first-order valence-electron chi connectivity index (χ1n) is 12.0. The average Bonchev–Trinajstić information content (AvgIpc) is 3.46. The number of hydrogen-bond donors (Lipinski definition) is 4. The molecule has 4 saturated heterocycles. The summed E-state index contributed by atoms with van der Waals surface area (Å²) >= 11 is 0. The molecule has 10 heteroatoms. The number of anilines is 2. The van der Waals surface area contributed by atoms with Crippen LogP contribution in [0.2, 0.25) is 0 Å². The first kappa shape index (κ1) is 20.9. The zero-order valence-corrected chi connectivity index (χ0v) is 18.8. The first-order valence-corrected chi connectivity index (χ1v) is 12.0. The smallest absolute Gasteiger partial charge is 0.430 e. The lowest BCUT2D eigenvalue weighted by atomic mass is 9.96. The van der Waals surface area contributed by atoms with Crippen LogP contribution in [0, 0.1) is 0 Å². The molecular weight excluding hydrogens is 422 g/mol. The highest BCUT2D eigenvalue weighted by atomic mass is 16.8. The molecule has 6 rings (SSSR count). The van der Waals surface area contributed by atoms with Crippen LogP contribution in [-0.4, -0.2) is 70.6 Å². The van der Waals surface area contributed by atoms with Crippen LogP contribution in [0.25, 0.3) is 10.9 Å². The molecule has 4 N–H and O–H groups in total. The third-order valence-electron chi connectivity index (χ3n) is 7.30. The summed E-state index contributed by atoms with van der Waals surface area (Å²) in [6, 6.07) is 7.80. The minimum atomic E-state index is -0.540. The fourth-order valence-electron chi connectivity index (χ4n) is 5.82. The first-order chi connectivity index (χ1) is 16.1. The second-order valence-corrected chi connectivity index (χ2v) is 9.74. The number of nitrogens with zero attached hydrogens (tertiary/aromatic N) is 3. The van der Waals surface area contributed by atoms with E-state index < -0.39 is 6.16 Å². The van der Waals surface area contributed by atoms with E-state index in [1.807, 2.05) is 18.3 Å². The van der Waals surface area contributed by atoms with Crippen molar-refractivity contribution in [3.63, 3.8) is 0 Å². The number of cyclic esters (lactones) is 2. The lowest BCUT2D eigenvalue weighted by Gasteiger charge is -2.40. The number of pyridine rings is 2. The van der Waals surface area contributed by atoms with Gasteiger partial charge in [0.2, 0.25) is 0 Å². The van der Waals surface area contributed by atoms with Gasteiger partial charge in [0, 0.05) is 48.4 Å². The molecule has 4 aliphatic rings. The highest BCUT2D eigenvalue weighted by molar-refractivity contribution is 5.91. The molecule has 0 radical (unpaired) electrons. The normalized spacial score (nSPS) is 33.8. The van der Waals surface area contributed by atoms with Crippen molar-refractivity contribution in [3.05, 3.63) is 24.4 Å². The van der Waals surface area contributed by atoms with Gasteiger partial charge in [-0.15, -0.1) is 0 Å².